The minimum atomic E-state index is -4.73. The summed E-state index contributed by atoms with van der Waals surface area (Å²) in [6, 6.07) is 2.54. The van der Waals surface area contributed by atoms with Gasteiger partial charge in [-0.25, -0.2) is 0 Å². The van der Waals surface area contributed by atoms with Crippen molar-refractivity contribution in [3.8, 4) is 11.4 Å². The Morgan fingerprint density at radius 2 is 2.14 bits per heavy atom. The summed E-state index contributed by atoms with van der Waals surface area (Å²) in [7, 11) is 0. The van der Waals surface area contributed by atoms with Crippen LogP contribution in [0.1, 0.15) is 11.5 Å². The van der Waals surface area contributed by atoms with Crippen LogP contribution in [0.3, 0.4) is 0 Å². The molecular weight excluding hydrogens is 305 g/mol. The number of nitrogens with zero attached hydrogens (tertiary/aromatic N) is 4. The third-order valence-electron chi connectivity index (χ3n) is 2.76. The van der Waals surface area contributed by atoms with E-state index in [0.717, 1.165) is 6.07 Å². The summed E-state index contributed by atoms with van der Waals surface area (Å²) in [5.74, 6) is -1.77. The van der Waals surface area contributed by atoms with Gasteiger partial charge in [0.25, 0.3) is 5.56 Å². The van der Waals surface area contributed by atoms with Gasteiger partial charge in [0.2, 0.25) is 5.82 Å². The highest BCUT2D eigenvalue weighted by Crippen LogP contribution is 2.28. The number of rotatable bonds is 3. The van der Waals surface area contributed by atoms with E-state index in [-0.39, 0.29) is 17.9 Å². The van der Waals surface area contributed by atoms with E-state index >= 15 is 0 Å². The van der Waals surface area contributed by atoms with Crippen molar-refractivity contribution >= 4 is 0 Å². The summed E-state index contributed by atoms with van der Waals surface area (Å²) in [6.07, 6.45) is -0.479. The lowest BCUT2D eigenvalue weighted by molar-refractivity contribution is -0.159. The molecule has 3 heterocycles. The van der Waals surface area contributed by atoms with Gasteiger partial charge in [-0.3, -0.25) is 4.79 Å². The second-order valence-electron chi connectivity index (χ2n) is 4.34. The van der Waals surface area contributed by atoms with Crippen LogP contribution < -0.4 is 5.56 Å². The number of hydrogen-bond acceptors (Lipinski definition) is 6. The number of halogens is 3. The Labute approximate surface area is 120 Å². The molecule has 3 aromatic rings. The molecule has 0 aliphatic rings. The standard InChI is InChI=1S/C12H7F3N4O3/c13-12(14,15)11-17-10(18-22-11)8-1-2-19(9(20)3-8)5-7-4-16-21-6-7/h1-4,6H,5H2. The lowest BCUT2D eigenvalue weighted by Gasteiger charge is -2.03. The predicted octanol–water partition coefficient (Wildman–Crippen LogP) is 1.95. The second-order valence-corrected chi connectivity index (χ2v) is 4.34. The van der Waals surface area contributed by atoms with Gasteiger partial charge in [-0.2, -0.15) is 18.2 Å². The quantitative estimate of drug-likeness (QED) is 0.734. The summed E-state index contributed by atoms with van der Waals surface area (Å²) in [5.41, 5.74) is 0.372. The maximum absolute atomic E-state index is 12.4. The first-order valence-electron chi connectivity index (χ1n) is 5.93. The van der Waals surface area contributed by atoms with Crippen molar-refractivity contribution in [1.29, 1.82) is 0 Å². The molecule has 22 heavy (non-hydrogen) atoms. The molecule has 10 heteroatoms. The zero-order valence-corrected chi connectivity index (χ0v) is 10.7. The molecule has 0 bridgehead atoms. The number of hydrogen-bond donors (Lipinski definition) is 0. The van der Waals surface area contributed by atoms with Gasteiger partial charge in [0, 0.05) is 23.4 Å². The zero-order chi connectivity index (χ0) is 15.7. The van der Waals surface area contributed by atoms with Gasteiger partial charge in [-0.15, -0.1) is 0 Å². The molecule has 0 aliphatic carbocycles. The topological polar surface area (TPSA) is 87.0 Å². The van der Waals surface area contributed by atoms with E-state index in [1.54, 1.807) is 0 Å². The Morgan fingerprint density at radius 1 is 1.32 bits per heavy atom. The monoisotopic (exact) mass is 312 g/mol. The molecule has 0 unspecified atom stereocenters. The first-order valence-corrected chi connectivity index (χ1v) is 5.93. The summed E-state index contributed by atoms with van der Waals surface area (Å²) in [6.45, 7) is 0.225. The van der Waals surface area contributed by atoms with E-state index < -0.39 is 17.6 Å². The maximum Gasteiger partial charge on any atom is 0.471 e. The fourth-order valence-corrected chi connectivity index (χ4v) is 1.73. The number of aromatic nitrogens is 4. The van der Waals surface area contributed by atoms with Crippen molar-refractivity contribution < 1.29 is 22.2 Å². The van der Waals surface area contributed by atoms with Crippen LogP contribution >= 0.6 is 0 Å². The third-order valence-corrected chi connectivity index (χ3v) is 2.76. The first-order chi connectivity index (χ1) is 10.4. The minimum absolute atomic E-state index is 0.130. The normalized spacial score (nSPS) is 11.8. The fraction of sp³-hybridized carbons (Fsp3) is 0.167. The second kappa shape index (κ2) is 5.13. The summed E-state index contributed by atoms with van der Waals surface area (Å²) in [4.78, 5) is 15.2. The number of pyridine rings is 1. The van der Waals surface area contributed by atoms with Crippen LogP contribution in [0.5, 0.6) is 0 Å². The SMILES string of the molecule is O=c1cc(-c2noc(C(F)(F)F)n2)ccn1Cc1cnoc1. The van der Waals surface area contributed by atoms with Crippen molar-refractivity contribution in [2.75, 3.05) is 0 Å². The molecule has 0 spiro atoms. The first kappa shape index (κ1) is 14.0. The van der Waals surface area contributed by atoms with E-state index in [4.69, 9.17) is 0 Å². The van der Waals surface area contributed by atoms with Crippen LogP contribution in [-0.2, 0) is 12.7 Å². The van der Waals surface area contributed by atoms with Gasteiger partial charge in [0.1, 0.15) is 6.26 Å². The molecular formula is C12H7F3N4O3. The third kappa shape index (κ3) is 2.75. The van der Waals surface area contributed by atoms with Gasteiger partial charge in [0.15, 0.2) is 0 Å². The van der Waals surface area contributed by atoms with Gasteiger partial charge >= 0.3 is 12.1 Å². The molecule has 0 saturated heterocycles. The lowest BCUT2D eigenvalue weighted by Crippen LogP contribution is -2.19. The highest BCUT2D eigenvalue weighted by molar-refractivity contribution is 5.52. The average Bonchev–Trinajstić information content (AvgIpc) is 3.11. The molecule has 0 fully saturated rings. The lowest BCUT2D eigenvalue weighted by atomic mass is 10.2. The van der Waals surface area contributed by atoms with Crippen LogP contribution in [0.2, 0.25) is 0 Å². The zero-order valence-electron chi connectivity index (χ0n) is 10.7. The molecule has 0 amide bonds. The molecule has 0 aliphatic heterocycles. The van der Waals surface area contributed by atoms with Gasteiger partial charge in [-0.1, -0.05) is 10.3 Å². The molecule has 0 aromatic carbocycles. The molecule has 114 valence electrons. The average molecular weight is 312 g/mol. The van der Waals surface area contributed by atoms with Crippen LogP contribution in [0.4, 0.5) is 13.2 Å². The highest BCUT2D eigenvalue weighted by Gasteiger charge is 2.38. The molecule has 3 aromatic heterocycles. The Bertz CT molecular complexity index is 836. The van der Waals surface area contributed by atoms with Crippen molar-refractivity contribution in [3.05, 3.63) is 52.6 Å². The summed E-state index contributed by atoms with van der Waals surface area (Å²) < 4.78 is 47.3. The predicted molar refractivity (Wildman–Crippen MR) is 64.6 cm³/mol. The number of alkyl halides is 3. The van der Waals surface area contributed by atoms with Crippen LogP contribution in [0.25, 0.3) is 11.4 Å². The van der Waals surface area contributed by atoms with Gasteiger partial charge < -0.3 is 13.6 Å². The Hall–Kier alpha value is -2.91. The van der Waals surface area contributed by atoms with Crippen molar-refractivity contribution in [2.24, 2.45) is 0 Å². The van der Waals surface area contributed by atoms with E-state index in [9.17, 15) is 18.0 Å². The van der Waals surface area contributed by atoms with Crippen LogP contribution in [-0.4, -0.2) is 19.9 Å². The highest BCUT2D eigenvalue weighted by atomic mass is 19.4. The Kier molecular flexibility index (Phi) is 3.28. The van der Waals surface area contributed by atoms with E-state index in [0.29, 0.717) is 5.56 Å². The Morgan fingerprint density at radius 3 is 2.73 bits per heavy atom. The molecule has 3 rings (SSSR count). The van der Waals surface area contributed by atoms with Crippen molar-refractivity contribution in [3.63, 3.8) is 0 Å². The minimum Gasteiger partial charge on any atom is -0.364 e. The van der Waals surface area contributed by atoms with E-state index in [1.165, 1.54) is 29.3 Å². The molecule has 7 nitrogen and oxygen atoms in total. The largest absolute Gasteiger partial charge is 0.471 e. The molecule has 0 N–H and O–H groups in total. The van der Waals surface area contributed by atoms with Crippen molar-refractivity contribution in [1.82, 2.24) is 19.9 Å². The van der Waals surface area contributed by atoms with Crippen molar-refractivity contribution in [2.45, 2.75) is 12.7 Å². The summed E-state index contributed by atoms with van der Waals surface area (Å²) in [5, 5.41) is 6.73. The molecule has 0 saturated carbocycles. The van der Waals surface area contributed by atoms with Gasteiger partial charge in [0.05, 0.1) is 12.7 Å². The molecule has 0 radical (unpaired) electrons. The van der Waals surface area contributed by atoms with Gasteiger partial charge in [-0.05, 0) is 6.07 Å². The fourth-order valence-electron chi connectivity index (χ4n) is 1.73. The van der Waals surface area contributed by atoms with E-state index in [1.807, 2.05) is 0 Å². The maximum atomic E-state index is 12.4. The smallest absolute Gasteiger partial charge is 0.364 e. The Balaban J connectivity index is 1.89. The molecule has 0 atom stereocenters. The van der Waals surface area contributed by atoms with E-state index in [2.05, 4.69) is 24.3 Å². The van der Waals surface area contributed by atoms with Crippen LogP contribution in [0.15, 0.2) is 44.6 Å². The van der Waals surface area contributed by atoms with Crippen LogP contribution in [0, 0.1) is 0 Å². The summed E-state index contributed by atoms with van der Waals surface area (Å²) >= 11 is 0.